The minimum absolute atomic E-state index is 0.259. The van der Waals surface area contributed by atoms with E-state index in [1.165, 1.54) is 24.1 Å². The second kappa shape index (κ2) is 7.41. The van der Waals surface area contributed by atoms with Crippen LogP contribution < -0.4 is 10.5 Å². The van der Waals surface area contributed by atoms with Crippen molar-refractivity contribution < 1.29 is 0 Å². The molecular weight excluding hydrogens is 348 g/mol. The summed E-state index contributed by atoms with van der Waals surface area (Å²) >= 11 is 6.44. The molecular formula is C20H25ClN4O. The van der Waals surface area contributed by atoms with E-state index in [4.69, 9.17) is 11.6 Å². The van der Waals surface area contributed by atoms with E-state index in [0.29, 0.717) is 12.1 Å². The monoisotopic (exact) mass is 372 g/mol. The van der Waals surface area contributed by atoms with Gasteiger partial charge in [-0.1, -0.05) is 29.8 Å². The Morgan fingerprint density at radius 3 is 2.46 bits per heavy atom. The van der Waals surface area contributed by atoms with Gasteiger partial charge in [-0.05, 0) is 51.3 Å². The predicted molar refractivity (Wildman–Crippen MR) is 105 cm³/mol. The lowest BCUT2D eigenvalue weighted by atomic mass is 10.0. The summed E-state index contributed by atoms with van der Waals surface area (Å²) in [5.41, 5.74) is 1.23. The van der Waals surface area contributed by atoms with Gasteiger partial charge in [0.2, 0.25) is 0 Å². The van der Waals surface area contributed by atoms with E-state index in [9.17, 15) is 4.79 Å². The second-order valence-electron chi connectivity index (χ2n) is 7.34. The Morgan fingerprint density at radius 2 is 1.81 bits per heavy atom. The van der Waals surface area contributed by atoms with Gasteiger partial charge in [0, 0.05) is 25.2 Å². The molecule has 26 heavy (non-hydrogen) atoms. The first-order valence-electron chi connectivity index (χ1n) is 9.49. The third-order valence-corrected chi connectivity index (χ3v) is 6.14. The molecule has 2 aliphatic rings. The van der Waals surface area contributed by atoms with Crippen LogP contribution >= 0.6 is 11.6 Å². The molecule has 0 amide bonds. The molecule has 0 radical (unpaired) electrons. The number of nitrogens with zero attached hydrogens (tertiary/aromatic N) is 4. The highest BCUT2D eigenvalue weighted by Gasteiger charge is 2.31. The molecule has 2 aromatic rings. The fraction of sp³-hybridized carbons (Fsp3) is 0.500. The van der Waals surface area contributed by atoms with Crippen molar-refractivity contribution in [3.63, 3.8) is 0 Å². The minimum Gasteiger partial charge on any atom is -0.369 e. The molecule has 2 saturated heterocycles. The van der Waals surface area contributed by atoms with Crippen LogP contribution in [0.2, 0.25) is 5.02 Å². The van der Waals surface area contributed by atoms with Crippen LogP contribution in [0.1, 0.15) is 32.6 Å². The van der Waals surface area contributed by atoms with E-state index in [2.05, 4.69) is 21.8 Å². The second-order valence-corrected chi connectivity index (χ2v) is 7.72. The molecule has 3 heterocycles. The molecule has 1 atom stereocenters. The van der Waals surface area contributed by atoms with Crippen molar-refractivity contribution in [3.8, 4) is 5.69 Å². The summed E-state index contributed by atoms with van der Waals surface area (Å²) < 4.78 is 1.37. The number of rotatable bonds is 3. The smallest absolute Gasteiger partial charge is 0.292 e. The first-order valence-corrected chi connectivity index (χ1v) is 9.87. The van der Waals surface area contributed by atoms with Crippen LogP contribution in [0.3, 0.4) is 0 Å². The quantitative estimate of drug-likeness (QED) is 0.828. The minimum atomic E-state index is -0.259. The summed E-state index contributed by atoms with van der Waals surface area (Å²) in [6.07, 6.45) is 6.59. The topological polar surface area (TPSA) is 41.4 Å². The van der Waals surface area contributed by atoms with E-state index in [1.54, 1.807) is 6.20 Å². The number of benzene rings is 1. The zero-order valence-electron chi connectivity index (χ0n) is 15.1. The molecule has 2 fully saturated rings. The van der Waals surface area contributed by atoms with Crippen LogP contribution in [0.25, 0.3) is 5.69 Å². The number of halogens is 1. The molecule has 0 spiro atoms. The zero-order chi connectivity index (χ0) is 18.1. The summed E-state index contributed by atoms with van der Waals surface area (Å²) in [7, 11) is 0. The van der Waals surface area contributed by atoms with Gasteiger partial charge in [0.25, 0.3) is 5.56 Å². The normalized spacial score (nSPS) is 22.1. The fourth-order valence-electron chi connectivity index (χ4n) is 4.33. The van der Waals surface area contributed by atoms with Crippen molar-refractivity contribution in [2.24, 2.45) is 0 Å². The molecule has 1 aromatic carbocycles. The maximum atomic E-state index is 12.7. The highest BCUT2D eigenvalue weighted by Crippen LogP contribution is 2.29. The molecule has 0 saturated carbocycles. The van der Waals surface area contributed by atoms with Gasteiger partial charge in [0.1, 0.15) is 5.02 Å². The lowest BCUT2D eigenvalue weighted by Crippen LogP contribution is -2.46. The Bertz CT molecular complexity index is 814. The fourth-order valence-corrected chi connectivity index (χ4v) is 4.58. The summed E-state index contributed by atoms with van der Waals surface area (Å²) in [5.74, 6) is 0. The van der Waals surface area contributed by atoms with Crippen molar-refractivity contribution in [2.75, 3.05) is 24.5 Å². The Kier molecular flexibility index (Phi) is 5.00. The molecule has 1 aromatic heterocycles. The molecule has 0 bridgehead atoms. The molecule has 4 rings (SSSR count). The standard InChI is InChI=1S/C20H25ClN4O/c1-15-6-5-11-24(15)16-9-12-23(13-10-16)18-14-22-25(20(26)19(18)21)17-7-3-2-4-8-17/h2-4,7-8,14-16H,5-6,9-13H2,1H3. The number of hydrogen-bond acceptors (Lipinski definition) is 4. The SMILES string of the molecule is CC1CCCN1C1CCN(c2cnn(-c3ccccc3)c(=O)c2Cl)CC1. The predicted octanol–water partition coefficient (Wildman–Crippen LogP) is 3.34. The molecule has 0 N–H and O–H groups in total. The van der Waals surface area contributed by atoms with Gasteiger partial charge in [-0.2, -0.15) is 9.78 Å². The molecule has 0 aliphatic carbocycles. The lowest BCUT2D eigenvalue weighted by molar-refractivity contribution is 0.163. The van der Waals surface area contributed by atoms with Crippen LogP contribution in [0.15, 0.2) is 41.3 Å². The van der Waals surface area contributed by atoms with Crippen LogP contribution in [0.4, 0.5) is 5.69 Å². The summed E-state index contributed by atoms with van der Waals surface area (Å²) in [6, 6.07) is 10.7. The number of piperidine rings is 1. The third-order valence-electron chi connectivity index (χ3n) is 5.78. The Balaban J connectivity index is 1.51. The number of aromatic nitrogens is 2. The molecule has 2 aliphatic heterocycles. The molecule has 5 nitrogen and oxygen atoms in total. The molecule has 6 heteroatoms. The van der Waals surface area contributed by atoms with Crippen molar-refractivity contribution in [2.45, 2.75) is 44.7 Å². The summed E-state index contributed by atoms with van der Waals surface area (Å²) in [5, 5.41) is 4.62. The highest BCUT2D eigenvalue weighted by molar-refractivity contribution is 6.33. The number of likely N-dealkylation sites (tertiary alicyclic amines) is 1. The van der Waals surface area contributed by atoms with E-state index in [0.717, 1.165) is 37.3 Å². The van der Waals surface area contributed by atoms with Gasteiger partial charge in [-0.3, -0.25) is 9.69 Å². The van der Waals surface area contributed by atoms with E-state index < -0.39 is 0 Å². The van der Waals surface area contributed by atoms with Gasteiger partial charge >= 0.3 is 0 Å². The van der Waals surface area contributed by atoms with E-state index in [-0.39, 0.29) is 10.6 Å². The number of anilines is 1. The molecule has 138 valence electrons. The van der Waals surface area contributed by atoms with Crippen LogP contribution in [-0.2, 0) is 0 Å². The van der Waals surface area contributed by atoms with Crippen molar-refractivity contribution in [1.29, 1.82) is 0 Å². The largest absolute Gasteiger partial charge is 0.369 e. The summed E-state index contributed by atoms with van der Waals surface area (Å²) in [4.78, 5) is 17.6. The van der Waals surface area contributed by atoms with E-state index >= 15 is 0 Å². The van der Waals surface area contributed by atoms with Gasteiger partial charge in [-0.25, -0.2) is 0 Å². The Morgan fingerprint density at radius 1 is 1.08 bits per heavy atom. The van der Waals surface area contributed by atoms with Crippen LogP contribution in [0.5, 0.6) is 0 Å². The average Bonchev–Trinajstić information content (AvgIpc) is 3.11. The number of hydrogen-bond donors (Lipinski definition) is 0. The first-order chi connectivity index (χ1) is 12.6. The first kappa shape index (κ1) is 17.6. The van der Waals surface area contributed by atoms with Gasteiger partial charge in [0.05, 0.1) is 17.6 Å². The van der Waals surface area contributed by atoms with Crippen molar-refractivity contribution in [1.82, 2.24) is 14.7 Å². The highest BCUT2D eigenvalue weighted by atomic mass is 35.5. The average molecular weight is 373 g/mol. The van der Waals surface area contributed by atoms with Crippen LogP contribution in [-0.4, -0.2) is 46.4 Å². The number of para-hydroxylation sites is 1. The van der Waals surface area contributed by atoms with Crippen molar-refractivity contribution >= 4 is 17.3 Å². The Hall–Kier alpha value is -1.85. The zero-order valence-corrected chi connectivity index (χ0v) is 15.9. The third kappa shape index (κ3) is 3.26. The molecule has 1 unspecified atom stereocenters. The van der Waals surface area contributed by atoms with Gasteiger partial charge in [0.15, 0.2) is 0 Å². The van der Waals surface area contributed by atoms with Gasteiger partial charge in [-0.15, -0.1) is 0 Å². The van der Waals surface area contributed by atoms with Gasteiger partial charge < -0.3 is 4.90 Å². The maximum absolute atomic E-state index is 12.7. The van der Waals surface area contributed by atoms with Crippen molar-refractivity contribution in [3.05, 3.63) is 51.9 Å². The lowest BCUT2D eigenvalue weighted by Gasteiger charge is -2.39. The summed E-state index contributed by atoms with van der Waals surface area (Å²) in [6.45, 7) is 5.40. The van der Waals surface area contributed by atoms with E-state index in [1.807, 2.05) is 30.3 Å². The maximum Gasteiger partial charge on any atom is 0.292 e. The Labute approximate surface area is 159 Å². The van der Waals surface area contributed by atoms with Crippen LogP contribution in [0, 0.1) is 0 Å².